The van der Waals surface area contributed by atoms with Crippen LogP contribution >= 0.6 is 0 Å². The molecule has 2 N–H and O–H groups in total. The van der Waals surface area contributed by atoms with Gasteiger partial charge in [-0.15, -0.1) is 0 Å². The number of hydrogen-bond acceptors (Lipinski definition) is 5. The summed E-state index contributed by atoms with van der Waals surface area (Å²) in [6, 6.07) is 6.31. The summed E-state index contributed by atoms with van der Waals surface area (Å²) in [6.45, 7) is 1.52. The van der Waals surface area contributed by atoms with Crippen molar-refractivity contribution in [2.45, 2.75) is 25.0 Å². The standard InChI is InChI=1S/C13H15N3O3S/c1-10-6-15-12(7-14-10)8-16-20(18,19)13-5-3-2-4-11(13)9-17/h2-7,16-17H,8-9H2,1H3. The third-order valence-corrected chi connectivity index (χ3v) is 4.21. The van der Waals surface area contributed by atoms with Gasteiger partial charge in [0.15, 0.2) is 0 Å². The third-order valence-electron chi connectivity index (χ3n) is 2.71. The average molecular weight is 293 g/mol. The van der Waals surface area contributed by atoms with Gasteiger partial charge in [0, 0.05) is 6.20 Å². The Hall–Kier alpha value is -1.83. The highest BCUT2D eigenvalue weighted by atomic mass is 32.2. The number of sulfonamides is 1. The Morgan fingerprint density at radius 3 is 2.60 bits per heavy atom. The molecule has 7 heteroatoms. The zero-order chi connectivity index (χ0) is 14.6. The number of nitrogens with one attached hydrogen (secondary N) is 1. The molecule has 0 aliphatic carbocycles. The first-order valence-electron chi connectivity index (χ1n) is 5.99. The van der Waals surface area contributed by atoms with Gasteiger partial charge in [0.1, 0.15) is 0 Å². The van der Waals surface area contributed by atoms with Crippen molar-refractivity contribution in [3.05, 3.63) is 53.6 Å². The molecule has 0 atom stereocenters. The maximum Gasteiger partial charge on any atom is 0.241 e. The van der Waals surface area contributed by atoms with E-state index < -0.39 is 10.0 Å². The molecular formula is C13H15N3O3S. The summed E-state index contributed by atoms with van der Waals surface area (Å²) in [5.41, 5.74) is 1.65. The Morgan fingerprint density at radius 2 is 1.95 bits per heavy atom. The molecule has 6 nitrogen and oxygen atoms in total. The van der Waals surface area contributed by atoms with Gasteiger partial charge in [-0.3, -0.25) is 9.97 Å². The van der Waals surface area contributed by atoms with E-state index in [2.05, 4.69) is 14.7 Å². The van der Waals surface area contributed by atoms with Crippen LogP contribution in [0.2, 0.25) is 0 Å². The molecule has 20 heavy (non-hydrogen) atoms. The number of aromatic nitrogens is 2. The topological polar surface area (TPSA) is 92.2 Å². The largest absolute Gasteiger partial charge is 0.392 e. The van der Waals surface area contributed by atoms with Crippen molar-refractivity contribution >= 4 is 10.0 Å². The van der Waals surface area contributed by atoms with E-state index in [0.717, 1.165) is 5.69 Å². The number of aryl methyl sites for hydroxylation is 1. The predicted octanol–water partition coefficient (Wildman–Crippen LogP) is 0.756. The van der Waals surface area contributed by atoms with Crippen LogP contribution in [0.25, 0.3) is 0 Å². The van der Waals surface area contributed by atoms with E-state index in [1.165, 1.54) is 12.3 Å². The second-order valence-corrected chi connectivity index (χ2v) is 5.97. The van der Waals surface area contributed by atoms with Crippen molar-refractivity contribution in [2.24, 2.45) is 0 Å². The van der Waals surface area contributed by atoms with E-state index in [9.17, 15) is 13.5 Å². The first-order chi connectivity index (χ1) is 9.53. The van der Waals surface area contributed by atoms with Gasteiger partial charge >= 0.3 is 0 Å². The van der Waals surface area contributed by atoms with Crippen LogP contribution in [-0.2, 0) is 23.2 Å². The normalized spacial score (nSPS) is 11.5. The van der Waals surface area contributed by atoms with Gasteiger partial charge in [-0.05, 0) is 18.6 Å². The Kier molecular flexibility index (Phi) is 4.43. The second kappa shape index (κ2) is 6.08. The van der Waals surface area contributed by atoms with Crippen molar-refractivity contribution in [1.29, 1.82) is 0 Å². The Balaban J connectivity index is 2.17. The number of aliphatic hydroxyl groups is 1. The smallest absolute Gasteiger partial charge is 0.241 e. The molecule has 0 saturated carbocycles. The zero-order valence-electron chi connectivity index (χ0n) is 10.9. The fourth-order valence-electron chi connectivity index (χ4n) is 1.65. The SMILES string of the molecule is Cc1cnc(CNS(=O)(=O)c2ccccc2CO)cn1. The maximum atomic E-state index is 12.2. The lowest BCUT2D eigenvalue weighted by Crippen LogP contribution is -2.25. The van der Waals surface area contributed by atoms with E-state index in [1.807, 2.05) is 0 Å². The molecule has 0 fully saturated rings. The summed E-state index contributed by atoms with van der Waals surface area (Å²) < 4.78 is 26.8. The number of hydrogen-bond donors (Lipinski definition) is 2. The molecule has 0 spiro atoms. The summed E-state index contributed by atoms with van der Waals surface area (Å²) in [5, 5.41) is 9.18. The van der Waals surface area contributed by atoms with E-state index in [0.29, 0.717) is 11.3 Å². The fourth-order valence-corrected chi connectivity index (χ4v) is 2.88. The molecule has 106 valence electrons. The minimum absolute atomic E-state index is 0.0510. The maximum absolute atomic E-state index is 12.2. The molecule has 1 aromatic carbocycles. The van der Waals surface area contributed by atoms with E-state index in [-0.39, 0.29) is 18.0 Å². The summed E-state index contributed by atoms with van der Waals surface area (Å²) in [5.74, 6) is 0. The van der Waals surface area contributed by atoms with Crippen molar-refractivity contribution in [2.75, 3.05) is 0 Å². The molecule has 0 unspecified atom stereocenters. The highest BCUT2D eigenvalue weighted by Crippen LogP contribution is 2.15. The van der Waals surface area contributed by atoms with Crippen molar-refractivity contribution in [3.63, 3.8) is 0 Å². The molecule has 0 radical (unpaired) electrons. The minimum Gasteiger partial charge on any atom is -0.392 e. The lowest BCUT2D eigenvalue weighted by atomic mass is 10.2. The molecule has 1 heterocycles. The molecule has 0 bridgehead atoms. The quantitative estimate of drug-likeness (QED) is 0.849. The molecule has 0 aliphatic rings. The van der Waals surface area contributed by atoms with Gasteiger partial charge in [0.2, 0.25) is 10.0 Å². The monoisotopic (exact) mass is 293 g/mol. The van der Waals surface area contributed by atoms with Gasteiger partial charge in [-0.2, -0.15) is 0 Å². The van der Waals surface area contributed by atoms with Crippen molar-refractivity contribution in [3.8, 4) is 0 Å². The molecule has 2 rings (SSSR count). The Labute approximate surface area is 117 Å². The van der Waals surface area contributed by atoms with Crippen molar-refractivity contribution < 1.29 is 13.5 Å². The van der Waals surface area contributed by atoms with E-state index in [1.54, 1.807) is 31.3 Å². The van der Waals surface area contributed by atoms with Crippen LogP contribution < -0.4 is 4.72 Å². The number of nitrogens with zero attached hydrogens (tertiary/aromatic N) is 2. The molecule has 2 aromatic rings. The molecular weight excluding hydrogens is 278 g/mol. The highest BCUT2D eigenvalue weighted by Gasteiger charge is 2.17. The summed E-state index contributed by atoms with van der Waals surface area (Å²) in [7, 11) is -3.69. The van der Waals surface area contributed by atoms with Gasteiger partial charge in [-0.1, -0.05) is 18.2 Å². The number of aliphatic hydroxyl groups excluding tert-OH is 1. The second-order valence-electron chi connectivity index (χ2n) is 4.24. The van der Waals surface area contributed by atoms with Crippen LogP contribution in [0.4, 0.5) is 0 Å². The lowest BCUT2D eigenvalue weighted by molar-refractivity contribution is 0.278. The van der Waals surface area contributed by atoms with Crippen molar-refractivity contribution in [1.82, 2.24) is 14.7 Å². The third kappa shape index (κ3) is 3.38. The van der Waals surface area contributed by atoms with Crippen LogP contribution in [0.3, 0.4) is 0 Å². The Morgan fingerprint density at radius 1 is 1.20 bits per heavy atom. The first kappa shape index (κ1) is 14.6. The average Bonchev–Trinajstić information content (AvgIpc) is 2.46. The summed E-state index contributed by atoms with van der Waals surface area (Å²) >= 11 is 0. The molecule has 0 saturated heterocycles. The van der Waals surface area contributed by atoms with E-state index in [4.69, 9.17) is 0 Å². The summed E-state index contributed by atoms with van der Waals surface area (Å²) in [4.78, 5) is 8.20. The fraction of sp³-hybridized carbons (Fsp3) is 0.231. The van der Waals surface area contributed by atoms with E-state index >= 15 is 0 Å². The highest BCUT2D eigenvalue weighted by molar-refractivity contribution is 7.89. The molecule has 1 aromatic heterocycles. The van der Waals surface area contributed by atoms with Crippen LogP contribution in [0.5, 0.6) is 0 Å². The number of benzene rings is 1. The van der Waals surface area contributed by atoms with Crippen LogP contribution in [0.15, 0.2) is 41.6 Å². The zero-order valence-corrected chi connectivity index (χ0v) is 11.8. The van der Waals surface area contributed by atoms with Crippen LogP contribution in [0, 0.1) is 6.92 Å². The van der Waals surface area contributed by atoms with Crippen LogP contribution in [-0.4, -0.2) is 23.5 Å². The molecule has 0 aliphatic heterocycles. The minimum atomic E-state index is -3.69. The first-order valence-corrected chi connectivity index (χ1v) is 7.47. The van der Waals surface area contributed by atoms with Gasteiger partial charge < -0.3 is 5.11 Å². The predicted molar refractivity (Wildman–Crippen MR) is 73.2 cm³/mol. The number of rotatable bonds is 5. The van der Waals surface area contributed by atoms with Crippen LogP contribution in [0.1, 0.15) is 17.0 Å². The van der Waals surface area contributed by atoms with Gasteiger partial charge in [0.25, 0.3) is 0 Å². The lowest BCUT2D eigenvalue weighted by Gasteiger charge is -2.09. The Bertz CT molecular complexity index is 684. The van der Waals surface area contributed by atoms with Gasteiger partial charge in [-0.25, -0.2) is 13.1 Å². The van der Waals surface area contributed by atoms with Gasteiger partial charge in [0.05, 0.1) is 35.6 Å². The molecule has 0 amide bonds. The summed E-state index contributed by atoms with van der Waals surface area (Å²) in [6.07, 6.45) is 3.10.